The molecule has 1 aromatic heterocycles. The van der Waals surface area contributed by atoms with Gasteiger partial charge in [-0.3, -0.25) is 0 Å². The lowest BCUT2D eigenvalue weighted by Crippen LogP contribution is -2.59. The Bertz CT molecular complexity index is 560. The molecular weight excluding hydrogens is 238 g/mol. The molecule has 2 heterocycles. The predicted octanol–water partition coefficient (Wildman–Crippen LogP) is 2.54. The van der Waals surface area contributed by atoms with Crippen LogP contribution in [0.15, 0.2) is 36.9 Å². The number of benzene rings is 1. The van der Waals surface area contributed by atoms with Gasteiger partial charge in [0.05, 0.1) is 13.2 Å². The van der Waals surface area contributed by atoms with E-state index in [1.807, 2.05) is 4.68 Å². The Kier molecular flexibility index (Phi) is 2.71. The van der Waals surface area contributed by atoms with Gasteiger partial charge < -0.3 is 4.74 Å². The first-order chi connectivity index (χ1) is 9.03. The molecule has 1 fully saturated rings. The first kappa shape index (κ1) is 12.4. The van der Waals surface area contributed by atoms with Crippen LogP contribution in [0.5, 0.6) is 0 Å². The molecule has 19 heavy (non-hydrogen) atoms. The van der Waals surface area contributed by atoms with Crippen LogP contribution in [-0.2, 0) is 16.9 Å². The average molecular weight is 257 g/mol. The minimum absolute atomic E-state index is 0.0915. The predicted molar refractivity (Wildman–Crippen MR) is 72.6 cm³/mol. The Morgan fingerprint density at radius 3 is 2.47 bits per heavy atom. The second-order valence-corrected chi connectivity index (χ2v) is 5.96. The Balaban J connectivity index is 2.00. The summed E-state index contributed by atoms with van der Waals surface area (Å²) in [5.74, 6) is 0. The van der Waals surface area contributed by atoms with E-state index in [-0.39, 0.29) is 11.0 Å². The van der Waals surface area contributed by atoms with Crippen molar-refractivity contribution >= 4 is 0 Å². The summed E-state index contributed by atoms with van der Waals surface area (Å²) >= 11 is 0. The normalized spacial score (nSPS) is 25.0. The molecule has 0 N–H and O–H groups in total. The summed E-state index contributed by atoms with van der Waals surface area (Å²) in [6, 6.07) is 8.59. The van der Waals surface area contributed by atoms with Crippen molar-refractivity contribution in [3.8, 4) is 0 Å². The molecule has 1 saturated heterocycles. The molecule has 0 spiro atoms. The van der Waals surface area contributed by atoms with E-state index in [1.165, 1.54) is 11.1 Å². The van der Waals surface area contributed by atoms with Gasteiger partial charge >= 0.3 is 0 Å². The SMILES string of the molecule is Cc1ccc(C2(Cn3cncn3)OCC2(C)C)cc1. The lowest BCUT2D eigenvalue weighted by molar-refractivity contribution is -0.269. The maximum Gasteiger partial charge on any atom is 0.137 e. The van der Waals surface area contributed by atoms with E-state index in [4.69, 9.17) is 4.74 Å². The maximum atomic E-state index is 6.04. The van der Waals surface area contributed by atoms with Crippen molar-refractivity contribution in [3.05, 3.63) is 48.0 Å². The Labute approximate surface area is 113 Å². The third-order valence-corrected chi connectivity index (χ3v) is 4.14. The van der Waals surface area contributed by atoms with Gasteiger partial charge in [0, 0.05) is 5.41 Å². The summed E-state index contributed by atoms with van der Waals surface area (Å²) in [7, 11) is 0. The van der Waals surface area contributed by atoms with Gasteiger partial charge in [0.15, 0.2) is 0 Å². The molecule has 0 amide bonds. The highest BCUT2D eigenvalue weighted by molar-refractivity contribution is 5.30. The van der Waals surface area contributed by atoms with Crippen LogP contribution in [0.2, 0.25) is 0 Å². The van der Waals surface area contributed by atoms with Gasteiger partial charge in [0.2, 0.25) is 0 Å². The maximum absolute atomic E-state index is 6.04. The zero-order valence-corrected chi connectivity index (χ0v) is 11.6. The number of nitrogens with zero attached hydrogens (tertiary/aromatic N) is 3. The van der Waals surface area contributed by atoms with Gasteiger partial charge in [-0.2, -0.15) is 5.10 Å². The molecule has 4 heteroatoms. The third kappa shape index (κ3) is 1.87. The van der Waals surface area contributed by atoms with Crippen molar-refractivity contribution in [2.45, 2.75) is 32.9 Å². The van der Waals surface area contributed by atoms with Crippen molar-refractivity contribution in [2.24, 2.45) is 5.41 Å². The molecule has 0 aliphatic carbocycles. The summed E-state index contributed by atoms with van der Waals surface area (Å²) < 4.78 is 7.89. The van der Waals surface area contributed by atoms with Crippen LogP contribution in [-0.4, -0.2) is 21.4 Å². The van der Waals surface area contributed by atoms with Crippen molar-refractivity contribution in [1.82, 2.24) is 14.8 Å². The Morgan fingerprint density at radius 1 is 1.26 bits per heavy atom. The second kappa shape index (κ2) is 4.17. The Hall–Kier alpha value is -1.68. The fraction of sp³-hybridized carbons (Fsp3) is 0.467. The zero-order chi connectivity index (χ0) is 13.5. The van der Waals surface area contributed by atoms with Crippen LogP contribution < -0.4 is 0 Å². The fourth-order valence-corrected chi connectivity index (χ4v) is 2.73. The number of aromatic nitrogens is 3. The summed E-state index contributed by atoms with van der Waals surface area (Å²) in [5.41, 5.74) is 2.25. The van der Waals surface area contributed by atoms with Crippen LogP contribution in [0.1, 0.15) is 25.0 Å². The second-order valence-electron chi connectivity index (χ2n) is 5.96. The standard InChI is InChI=1S/C15H19N3O/c1-12-4-6-13(7-5-12)15(14(2,3)9-19-15)8-18-11-16-10-17-18/h4-7,10-11H,8-9H2,1-3H3. The molecule has 1 unspecified atom stereocenters. The highest BCUT2D eigenvalue weighted by Gasteiger charge is 2.56. The van der Waals surface area contributed by atoms with E-state index in [1.54, 1.807) is 12.7 Å². The van der Waals surface area contributed by atoms with E-state index in [9.17, 15) is 0 Å². The zero-order valence-electron chi connectivity index (χ0n) is 11.6. The van der Waals surface area contributed by atoms with Crippen molar-refractivity contribution < 1.29 is 4.74 Å². The first-order valence-electron chi connectivity index (χ1n) is 6.57. The van der Waals surface area contributed by atoms with E-state index in [0.29, 0.717) is 6.54 Å². The first-order valence-corrected chi connectivity index (χ1v) is 6.57. The van der Waals surface area contributed by atoms with Gasteiger partial charge in [-0.1, -0.05) is 43.7 Å². The minimum atomic E-state index is -0.311. The number of rotatable bonds is 3. The quantitative estimate of drug-likeness (QED) is 0.848. The molecule has 1 aromatic carbocycles. The molecule has 1 aliphatic rings. The van der Waals surface area contributed by atoms with Crippen LogP contribution in [0, 0.1) is 12.3 Å². The smallest absolute Gasteiger partial charge is 0.137 e. The number of hydrogen-bond acceptors (Lipinski definition) is 3. The summed E-state index contributed by atoms with van der Waals surface area (Å²) in [6.07, 6.45) is 3.31. The van der Waals surface area contributed by atoms with Crippen molar-refractivity contribution in [1.29, 1.82) is 0 Å². The average Bonchev–Trinajstić information content (AvgIpc) is 2.88. The monoisotopic (exact) mass is 257 g/mol. The van der Waals surface area contributed by atoms with Gasteiger partial charge in [0.25, 0.3) is 0 Å². The van der Waals surface area contributed by atoms with E-state index < -0.39 is 0 Å². The van der Waals surface area contributed by atoms with E-state index in [0.717, 1.165) is 6.61 Å². The highest BCUT2D eigenvalue weighted by atomic mass is 16.5. The third-order valence-electron chi connectivity index (χ3n) is 4.14. The summed E-state index contributed by atoms with van der Waals surface area (Å²) in [4.78, 5) is 4.02. The molecule has 1 aliphatic heterocycles. The Morgan fingerprint density at radius 2 is 2.00 bits per heavy atom. The number of aryl methyl sites for hydroxylation is 1. The van der Waals surface area contributed by atoms with Gasteiger partial charge in [-0.15, -0.1) is 0 Å². The summed E-state index contributed by atoms with van der Waals surface area (Å²) in [6.45, 7) is 8.06. The molecule has 0 radical (unpaired) electrons. The van der Waals surface area contributed by atoms with E-state index >= 15 is 0 Å². The lowest BCUT2D eigenvalue weighted by atomic mass is 9.66. The van der Waals surface area contributed by atoms with Crippen LogP contribution >= 0.6 is 0 Å². The van der Waals surface area contributed by atoms with Gasteiger partial charge in [-0.05, 0) is 12.5 Å². The molecule has 1 atom stereocenters. The van der Waals surface area contributed by atoms with Crippen LogP contribution in [0.3, 0.4) is 0 Å². The van der Waals surface area contributed by atoms with Crippen molar-refractivity contribution in [3.63, 3.8) is 0 Å². The molecule has 3 rings (SSSR count). The topological polar surface area (TPSA) is 39.9 Å². The van der Waals surface area contributed by atoms with Crippen LogP contribution in [0.4, 0.5) is 0 Å². The minimum Gasteiger partial charge on any atom is -0.367 e. The van der Waals surface area contributed by atoms with Gasteiger partial charge in [0.1, 0.15) is 18.3 Å². The molecular formula is C15H19N3O. The largest absolute Gasteiger partial charge is 0.367 e. The number of hydrogen-bond donors (Lipinski definition) is 0. The molecule has 2 aromatic rings. The van der Waals surface area contributed by atoms with Gasteiger partial charge in [-0.25, -0.2) is 9.67 Å². The molecule has 0 bridgehead atoms. The van der Waals surface area contributed by atoms with E-state index in [2.05, 4.69) is 55.1 Å². The highest BCUT2D eigenvalue weighted by Crippen LogP contribution is 2.52. The molecule has 4 nitrogen and oxygen atoms in total. The molecule has 0 saturated carbocycles. The van der Waals surface area contributed by atoms with Crippen LogP contribution in [0.25, 0.3) is 0 Å². The molecule has 100 valence electrons. The van der Waals surface area contributed by atoms with Crippen molar-refractivity contribution in [2.75, 3.05) is 6.61 Å². The fourth-order valence-electron chi connectivity index (χ4n) is 2.73. The lowest BCUT2D eigenvalue weighted by Gasteiger charge is -2.55. The summed E-state index contributed by atoms with van der Waals surface area (Å²) in [5, 5.41) is 4.22. The number of ether oxygens (including phenoxy) is 1.